The number of ether oxygens (including phenoxy) is 2. The van der Waals surface area contributed by atoms with E-state index in [0.29, 0.717) is 6.61 Å². The third-order valence-corrected chi connectivity index (χ3v) is 5.43. The summed E-state index contributed by atoms with van der Waals surface area (Å²) in [6.07, 6.45) is 2.14. The average Bonchev–Trinajstić information content (AvgIpc) is 2.69. The number of aryl methyl sites for hydroxylation is 2. The number of para-hydroxylation sites is 1. The Morgan fingerprint density at radius 2 is 1.67 bits per heavy atom. The van der Waals surface area contributed by atoms with E-state index in [9.17, 15) is 0 Å². The maximum Gasteiger partial charge on any atom is 0.164 e. The number of hydrogen-bond donors (Lipinski definition) is 0. The van der Waals surface area contributed by atoms with Crippen molar-refractivity contribution in [3.63, 3.8) is 0 Å². The van der Waals surface area contributed by atoms with E-state index in [1.165, 1.54) is 42.9 Å². The van der Waals surface area contributed by atoms with E-state index in [0.717, 1.165) is 30.9 Å². The SMILES string of the molecule is COc1cccc(CCCN2CCN(C)CC2)c1OCc1ccccc1C. The summed E-state index contributed by atoms with van der Waals surface area (Å²) in [6.45, 7) is 8.52. The summed E-state index contributed by atoms with van der Waals surface area (Å²) >= 11 is 0. The first-order valence-corrected chi connectivity index (χ1v) is 9.91. The lowest BCUT2D eigenvalue weighted by Gasteiger charge is -2.32. The molecule has 1 heterocycles. The van der Waals surface area contributed by atoms with Gasteiger partial charge in [0.05, 0.1) is 7.11 Å². The lowest BCUT2D eigenvalue weighted by Crippen LogP contribution is -2.44. The van der Waals surface area contributed by atoms with E-state index >= 15 is 0 Å². The van der Waals surface area contributed by atoms with Crippen LogP contribution in [0.4, 0.5) is 0 Å². The third kappa shape index (κ3) is 5.47. The van der Waals surface area contributed by atoms with Crippen LogP contribution >= 0.6 is 0 Å². The lowest BCUT2D eigenvalue weighted by molar-refractivity contribution is 0.153. The molecule has 0 unspecified atom stereocenters. The standard InChI is InChI=1S/C23H32N2O2/c1-19-8-4-5-9-21(19)18-27-23-20(10-6-12-22(23)26-3)11-7-13-25-16-14-24(2)15-17-25/h4-6,8-10,12H,7,11,13-18H2,1-3H3. The van der Waals surface area contributed by atoms with E-state index in [1.54, 1.807) is 7.11 Å². The quantitative estimate of drug-likeness (QED) is 0.708. The lowest BCUT2D eigenvalue weighted by atomic mass is 10.1. The van der Waals surface area contributed by atoms with Crippen LogP contribution < -0.4 is 9.47 Å². The van der Waals surface area contributed by atoms with Crippen LogP contribution in [0.25, 0.3) is 0 Å². The van der Waals surface area contributed by atoms with Gasteiger partial charge in [0, 0.05) is 26.2 Å². The first-order chi connectivity index (χ1) is 13.2. The minimum absolute atomic E-state index is 0.568. The van der Waals surface area contributed by atoms with Gasteiger partial charge in [0.1, 0.15) is 6.61 Å². The first kappa shape index (κ1) is 19.7. The zero-order valence-electron chi connectivity index (χ0n) is 16.9. The predicted molar refractivity (Wildman–Crippen MR) is 111 cm³/mol. The Morgan fingerprint density at radius 1 is 0.926 bits per heavy atom. The molecule has 27 heavy (non-hydrogen) atoms. The zero-order valence-corrected chi connectivity index (χ0v) is 16.9. The maximum absolute atomic E-state index is 6.24. The van der Waals surface area contributed by atoms with Gasteiger partial charge in [-0.05, 0) is 56.1 Å². The normalized spacial score (nSPS) is 15.7. The van der Waals surface area contributed by atoms with Crippen molar-refractivity contribution in [2.75, 3.05) is 46.9 Å². The van der Waals surface area contributed by atoms with Crippen LogP contribution in [0.3, 0.4) is 0 Å². The first-order valence-electron chi connectivity index (χ1n) is 9.91. The van der Waals surface area contributed by atoms with Crippen LogP contribution in [-0.4, -0.2) is 56.7 Å². The second-order valence-electron chi connectivity index (χ2n) is 7.41. The molecule has 2 aromatic carbocycles. The van der Waals surface area contributed by atoms with Gasteiger partial charge >= 0.3 is 0 Å². The van der Waals surface area contributed by atoms with Crippen LogP contribution in [0.1, 0.15) is 23.1 Å². The highest BCUT2D eigenvalue weighted by molar-refractivity contribution is 5.47. The van der Waals surface area contributed by atoms with Crippen LogP contribution in [-0.2, 0) is 13.0 Å². The summed E-state index contributed by atoms with van der Waals surface area (Å²) in [6, 6.07) is 14.6. The number of rotatable bonds is 8. The van der Waals surface area contributed by atoms with E-state index in [-0.39, 0.29) is 0 Å². The Bertz CT molecular complexity index is 724. The highest BCUT2D eigenvalue weighted by Crippen LogP contribution is 2.33. The van der Waals surface area contributed by atoms with E-state index < -0.39 is 0 Å². The van der Waals surface area contributed by atoms with Gasteiger partial charge in [-0.15, -0.1) is 0 Å². The molecule has 146 valence electrons. The number of benzene rings is 2. The molecule has 0 bridgehead atoms. The van der Waals surface area contributed by atoms with Gasteiger partial charge in [-0.3, -0.25) is 0 Å². The van der Waals surface area contributed by atoms with Gasteiger partial charge in [-0.1, -0.05) is 36.4 Å². The molecule has 1 aliphatic heterocycles. The molecule has 0 spiro atoms. The molecule has 0 radical (unpaired) electrons. The monoisotopic (exact) mass is 368 g/mol. The highest BCUT2D eigenvalue weighted by Gasteiger charge is 2.15. The van der Waals surface area contributed by atoms with Crippen LogP contribution in [0, 0.1) is 6.92 Å². The highest BCUT2D eigenvalue weighted by atomic mass is 16.5. The van der Waals surface area contributed by atoms with E-state index in [1.807, 2.05) is 6.07 Å². The summed E-state index contributed by atoms with van der Waals surface area (Å²) in [5.41, 5.74) is 3.70. The van der Waals surface area contributed by atoms with Gasteiger partial charge in [-0.25, -0.2) is 0 Å². The molecule has 1 saturated heterocycles. The Balaban J connectivity index is 1.61. The minimum Gasteiger partial charge on any atom is -0.493 e. The fourth-order valence-electron chi connectivity index (χ4n) is 3.57. The number of piperazine rings is 1. The Labute approximate surface area is 163 Å². The summed E-state index contributed by atoms with van der Waals surface area (Å²) in [5.74, 6) is 1.71. The molecule has 0 saturated carbocycles. The molecule has 3 rings (SSSR count). The molecule has 1 aliphatic rings. The fraction of sp³-hybridized carbons (Fsp3) is 0.478. The molecule has 4 heteroatoms. The Hall–Kier alpha value is -2.04. The van der Waals surface area contributed by atoms with Crippen molar-refractivity contribution in [3.05, 3.63) is 59.2 Å². The fourth-order valence-corrected chi connectivity index (χ4v) is 3.57. The summed E-state index contributed by atoms with van der Waals surface area (Å²) < 4.78 is 11.8. The van der Waals surface area contributed by atoms with Crippen molar-refractivity contribution >= 4 is 0 Å². The molecular formula is C23H32N2O2. The van der Waals surface area contributed by atoms with Gasteiger partial charge in [0.2, 0.25) is 0 Å². The third-order valence-electron chi connectivity index (χ3n) is 5.43. The molecule has 0 amide bonds. The molecule has 2 aromatic rings. The van der Waals surface area contributed by atoms with Gasteiger partial charge < -0.3 is 19.3 Å². The van der Waals surface area contributed by atoms with Crippen LogP contribution in [0.5, 0.6) is 11.5 Å². The number of nitrogens with zero attached hydrogens (tertiary/aromatic N) is 2. The number of methoxy groups -OCH3 is 1. The smallest absolute Gasteiger partial charge is 0.164 e. The van der Waals surface area contributed by atoms with Crippen molar-refractivity contribution in [2.45, 2.75) is 26.4 Å². The van der Waals surface area contributed by atoms with Crippen molar-refractivity contribution < 1.29 is 9.47 Å². The second-order valence-corrected chi connectivity index (χ2v) is 7.41. The molecule has 1 fully saturated rings. The van der Waals surface area contributed by atoms with Gasteiger partial charge in [-0.2, -0.15) is 0 Å². The van der Waals surface area contributed by atoms with Crippen molar-refractivity contribution in [2.24, 2.45) is 0 Å². The van der Waals surface area contributed by atoms with Gasteiger partial charge in [0.15, 0.2) is 11.5 Å². The zero-order chi connectivity index (χ0) is 19.1. The summed E-state index contributed by atoms with van der Waals surface area (Å²) in [5, 5.41) is 0. The Kier molecular flexibility index (Phi) is 7.13. The molecular weight excluding hydrogens is 336 g/mol. The molecule has 0 N–H and O–H groups in total. The van der Waals surface area contributed by atoms with E-state index in [4.69, 9.17) is 9.47 Å². The van der Waals surface area contributed by atoms with Crippen LogP contribution in [0.15, 0.2) is 42.5 Å². The molecule has 4 nitrogen and oxygen atoms in total. The number of likely N-dealkylation sites (N-methyl/N-ethyl adjacent to an activating group) is 1. The summed E-state index contributed by atoms with van der Waals surface area (Å²) in [4.78, 5) is 4.96. The average molecular weight is 369 g/mol. The summed E-state index contributed by atoms with van der Waals surface area (Å²) in [7, 11) is 3.91. The molecule has 0 aliphatic carbocycles. The minimum atomic E-state index is 0.568. The maximum atomic E-state index is 6.24. The predicted octanol–water partition coefficient (Wildman–Crippen LogP) is 3.76. The molecule has 0 aromatic heterocycles. The Morgan fingerprint density at radius 3 is 2.41 bits per heavy atom. The van der Waals surface area contributed by atoms with Crippen molar-refractivity contribution in [1.29, 1.82) is 0 Å². The van der Waals surface area contributed by atoms with Crippen LogP contribution in [0.2, 0.25) is 0 Å². The van der Waals surface area contributed by atoms with E-state index in [2.05, 4.69) is 60.2 Å². The van der Waals surface area contributed by atoms with Crippen molar-refractivity contribution in [3.8, 4) is 11.5 Å². The second kappa shape index (κ2) is 9.77. The topological polar surface area (TPSA) is 24.9 Å². The largest absolute Gasteiger partial charge is 0.493 e. The number of hydrogen-bond acceptors (Lipinski definition) is 4. The van der Waals surface area contributed by atoms with Gasteiger partial charge in [0.25, 0.3) is 0 Å². The van der Waals surface area contributed by atoms with Crippen molar-refractivity contribution in [1.82, 2.24) is 9.80 Å². The molecule has 0 atom stereocenters.